The van der Waals surface area contributed by atoms with Crippen molar-refractivity contribution in [2.75, 3.05) is 5.01 Å². The predicted octanol–water partition coefficient (Wildman–Crippen LogP) is 2.92. The van der Waals surface area contributed by atoms with Crippen molar-refractivity contribution in [3.8, 4) is 11.3 Å². The van der Waals surface area contributed by atoms with Crippen LogP contribution in [0.15, 0.2) is 51.5 Å². The number of aromatic amines is 1. The van der Waals surface area contributed by atoms with E-state index in [9.17, 15) is 4.79 Å². The summed E-state index contributed by atoms with van der Waals surface area (Å²) in [6, 6.07) is 10.9. The molecule has 1 amide bonds. The van der Waals surface area contributed by atoms with E-state index < -0.39 is 0 Å². The van der Waals surface area contributed by atoms with Gasteiger partial charge in [0.2, 0.25) is 0 Å². The van der Waals surface area contributed by atoms with Crippen LogP contribution in [0.4, 0.5) is 5.95 Å². The molecule has 2 aromatic heterocycles. The van der Waals surface area contributed by atoms with Crippen LogP contribution in [-0.4, -0.2) is 32.2 Å². The van der Waals surface area contributed by atoms with E-state index in [1.165, 1.54) is 0 Å². The zero-order chi connectivity index (χ0) is 17.4. The number of amides is 1. The molecule has 0 spiro atoms. The van der Waals surface area contributed by atoms with E-state index in [-0.39, 0.29) is 11.9 Å². The molecular weight excluding hydrogens is 344 g/mol. The molecule has 0 radical (unpaired) electrons. The normalized spacial score (nSPS) is 15.9. The van der Waals surface area contributed by atoms with Crippen molar-refractivity contribution in [3.05, 3.63) is 52.8 Å². The van der Waals surface area contributed by atoms with Crippen molar-refractivity contribution in [1.29, 1.82) is 0 Å². The summed E-state index contributed by atoms with van der Waals surface area (Å²) in [5.74, 6) is 0.966. The summed E-state index contributed by atoms with van der Waals surface area (Å²) in [6.45, 7) is 1.73. The Kier molecular flexibility index (Phi) is 3.66. The number of carbonyl (C=O) groups excluding carboxylic acids is 1. The van der Waals surface area contributed by atoms with Gasteiger partial charge in [-0.15, -0.1) is 5.10 Å². The zero-order valence-corrected chi connectivity index (χ0v) is 13.7. The third-order valence-corrected chi connectivity index (χ3v) is 3.88. The highest BCUT2D eigenvalue weighted by Crippen LogP contribution is 2.26. The molecule has 0 saturated heterocycles. The minimum Gasteiger partial charge on any atom is -0.457 e. The third-order valence-electron chi connectivity index (χ3n) is 3.63. The van der Waals surface area contributed by atoms with Gasteiger partial charge in [-0.2, -0.15) is 15.3 Å². The molecule has 0 bridgehead atoms. The smallest absolute Gasteiger partial charge is 0.293 e. The number of nitrogens with one attached hydrogen (secondary N) is 1. The Labute approximate surface area is 146 Å². The van der Waals surface area contributed by atoms with Crippen molar-refractivity contribution in [3.63, 3.8) is 0 Å². The van der Waals surface area contributed by atoms with Crippen LogP contribution in [-0.2, 0) is 4.79 Å². The molecule has 0 unspecified atom stereocenters. The summed E-state index contributed by atoms with van der Waals surface area (Å²) in [7, 11) is 0. The van der Waals surface area contributed by atoms with Gasteiger partial charge in [0.05, 0.1) is 11.3 Å². The van der Waals surface area contributed by atoms with Crippen molar-refractivity contribution in [2.45, 2.75) is 6.92 Å². The van der Waals surface area contributed by atoms with Crippen molar-refractivity contribution in [1.82, 2.24) is 20.6 Å². The number of H-pyrrole nitrogens is 1. The van der Waals surface area contributed by atoms with Crippen LogP contribution in [0.3, 0.4) is 0 Å². The number of rotatable bonds is 3. The number of carbonyl (C=O) groups is 1. The number of halogens is 1. The number of furan rings is 1. The average molecular weight is 355 g/mol. The lowest BCUT2D eigenvalue weighted by Gasteiger charge is -2.03. The summed E-state index contributed by atoms with van der Waals surface area (Å²) in [4.78, 5) is 12.5. The molecule has 25 heavy (non-hydrogen) atoms. The Morgan fingerprint density at radius 1 is 1.20 bits per heavy atom. The lowest BCUT2D eigenvalue weighted by Crippen LogP contribution is -2.22. The standard InChI is InChI=1S/C16H11ClN6O2/c1-9-13(15(24)23(20-9)16-18-21-22-19-16)8-12-6-7-14(25-12)10-2-4-11(17)5-3-10/h2-8H,1H3,(H,18,19,21,22). The van der Waals surface area contributed by atoms with Gasteiger partial charge >= 0.3 is 0 Å². The second-order valence-electron chi connectivity index (χ2n) is 5.28. The molecule has 0 fully saturated rings. The number of hydrogen-bond donors (Lipinski definition) is 1. The first-order valence-electron chi connectivity index (χ1n) is 7.33. The highest BCUT2D eigenvalue weighted by atomic mass is 35.5. The minimum atomic E-state index is -0.344. The molecule has 4 rings (SSSR count). The zero-order valence-electron chi connectivity index (χ0n) is 13.0. The quantitative estimate of drug-likeness (QED) is 0.729. The van der Waals surface area contributed by atoms with E-state index in [2.05, 4.69) is 25.7 Å². The number of anilines is 1. The van der Waals surface area contributed by atoms with Crippen LogP contribution in [0.2, 0.25) is 5.02 Å². The summed E-state index contributed by atoms with van der Waals surface area (Å²) in [5.41, 5.74) is 1.84. The van der Waals surface area contributed by atoms with Gasteiger partial charge in [0.15, 0.2) is 0 Å². The van der Waals surface area contributed by atoms with Crippen LogP contribution in [0.5, 0.6) is 0 Å². The molecule has 124 valence electrons. The van der Waals surface area contributed by atoms with Gasteiger partial charge in [-0.25, -0.2) is 0 Å². The van der Waals surface area contributed by atoms with Gasteiger partial charge in [-0.3, -0.25) is 4.79 Å². The van der Waals surface area contributed by atoms with E-state index in [0.717, 1.165) is 10.6 Å². The first kappa shape index (κ1) is 15.3. The van der Waals surface area contributed by atoms with E-state index in [1.54, 1.807) is 31.2 Å². The molecule has 3 heterocycles. The summed E-state index contributed by atoms with van der Waals surface area (Å²) in [6.07, 6.45) is 1.64. The van der Waals surface area contributed by atoms with E-state index in [4.69, 9.17) is 16.0 Å². The fourth-order valence-corrected chi connectivity index (χ4v) is 2.53. The van der Waals surface area contributed by atoms with Gasteiger partial charge in [0.1, 0.15) is 11.5 Å². The van der Waals surface area contributed by atoms with Crippen LogP contribution in [0.25, 0.3) is 17.4 Å². The van der Waals surface area contributed by atoms with Crippen molar-refractivity contribution >= 4 is 35.2 Å². The fraction of sp³-hybridized carbons (Fsp3) is 0.0625. The van der Waals surface area contributed by atoms with Gasteiger partial charge in [-0.1, -0.05) is 16.7 Å². The largest absolute Gasteiger partial charge is 0.457 e. The minimum absolute atomic E-state index is 0.0917. The van der Waals surface area contributed by atoms with Gasteiger partial charge in [-0.05, 0) is 54.6 Å². The van der Waals surface area contributed by atoms with Crippen LogP contribution >= 0.6 is 11.6 Å². The molecule has 9 heteroatoms. The summed E-state index contributed by atoms with van der Waals surface area (Å²) < 4.78 is 5.80. The summed E-state index contributed by atoms with van der Waals surface area (Å²) >= 11 is 5.89. The summed E-state index contributed by atoms with van der Waals surface area (Å²) in [5, 5.41) is 19.2. The van der Waals surface area contributed by atoms with Gasteiger partial charge in [0, 0.05) is 10.6 Å². The number of aromatic nitrogens is 4. The van der Waals surface area contributed by atoms with E-state index in [0.29, 0.717) is 27.8 Å². The highest BCUT2D eigenvalue weighted by molar-refractivity contribution is 6.31. The van der Waals surface area contributed by atoms with E-state index >= 15 is 0 Å². The van der Waals surface area contributed by atoms with Crippen molar-refractivity contribution < 1.29 is 9.21 Å². The third kappa shape index (κ3) is 2.83. The molecule has 8 nitrogen and oxygen atoms in total. The monoisotopic (exact) mass is 354 g/mol. The van der Waals surface area contributed by atoms with E-state index in [1.807, 2.05) is 18.2 Å². The van der Waals surface area contributed by atoms with Crippen LogP contribution in [0.1, 0.15) is 12.7 Å². The average Bonchev–Trinajstić information content (AvgIpc) is 3.33. The Morgan fingerprint density at radius 3 is 2.72 bits per heavy atom. The maximum atomic E-state index is 12.5. The number of hydrazone groups is 1. The first-order chi connectivity index (χ1) is 12.1. The maximum Gasteiger partial charge on any atom is 0.293 e. The molecular formula is C16H11ClN6O2. The number of nitrogens with zero attached hydrogens (tertiary/aromatic N) is 5. The van der Waals surface area contributed by atoms with Gasteiger partial charge < -0.3 is 4.42 Å². The predicted molar refractivity (Wildman–Crippen MR) is 91.9 cm³/mol. The molecule has 1 aliphatic heterocycles. The Hall–Kier alpha value is -3.26. The molecule has 1 N–H and O–H groups in total. The number of tetrazole rings is 1. The Bertz CT molecular complexity index is 988. The molecule has 1 aromatic carbocycles. The first-order valence-corrected chi connectivity index (χ1v) is 7.70. The lowest BCUT2D eigenvalue weighted by atomic mass is 10.1. The molecule has 0 atom stereocenters. The fourth-order valence-electron chi connectivity index (χ4n) is 2.41. The van der Waals surface area contributed by atoms with Crippen LogP contribution in [0, 0.1) is 0 Å². The SMILES string of the molecule is CC1=NN(c2nn[nH]n2)C(=O)C1=Cc1ccc(-c2ccc(Cl)cc2)o1. The van der Waals surface area contributed by atoms with Crippen LogP contribution < -0.4 is 5.01 Å². The number of hydrogen-bond acceptors (Lipinski definition) is 6. The molecule has 3 aromatic rings. The Morgan fingerprint density at radius 2 is 2.00 bits per heavy atom. The molecule has 1 aliphatic rings. The van der Waals surface area contributed by atoms with Crippen molar-refractivity contribution in [2.24, 2.45) is 5.10 Å². The molecule has 0 aliphatic carbocycles. The maximum absolute atomic E-state index is 12.5. The highest BCUT2D eigenvalue weighted by Gasteiger charge is 2.31. The second kappa shape index (κ2) is 5.99. The Balaban J connectivity index is 1.62. The second-order valence-corrected chi connectivity index (χ2v) is 5.72. The topological polar surface area (TPSA) is 100 Å². The lowest BCUT2D eigenvalue weighted by molar-refractivity contribution is -0.114. The number of benzene rings is 1. The van der Waals surface area contributed by atoms with Gasteiger partial charge in [0.25, 0.3) is 11.9 Å². The molecule has 0 saturated carbocycles.